The molecule has 0 aromatic carbocycles. The van der Waals surface area contributed by atoms with Gasteiger partial charge in [0, 0.05) is 28.9 Å². The van der Waals surface area contributed by atoms with Crippen molar-refractivity contribution in [3.63, 3.8) is 0 Å². The summed E-state index contributed by atoms with van der Waals surface area (Å²) in [5.74, 6) is 0.566. The van der Waals surface area contributed by atoms with Gasteiger partial charge in [0.15, 0.2) is 0 Å². The molecule has 1 aliphatic heterocycles. The van der Waals surface area contributed by atoms with Crippen molar-refractivity contribution in [1.82, 2.24) is 10.2 Å². The van der Waals surface area contributed by atoms with E-state index in [9.17, 15) is 13.8 Å². The first-order valence-corrected chi connectivity index (χ1v) is 9.55. The molecule has 0 radical (unpaired) electrons. The zero-order valence-electron chi connectivity index (χ0n) is 13.2. The SMILES string of the molecule is CC(CCS(C)=O)N1C(=O)C2(CCCCC2)NC(=O)C1C. The zero-order valence-corrected chi connectivity index (χ0v) is 14.0. The Hall–Kier alpha value is -0.910. The van der Waals surface area contributed by atoms with Crippen molar-refractivity contribution >= 4 is 22.6 Å². The van der Waals surface area contributed by atoms with Crippen LogP contribution in [0.3, 0.4) is 0 Å². The molecule has 2 aliphatic rings. The van der Waals surface area contributed by atoms with Crippen molar-refractivity contribution < 1.29 is 13.8 Å². The number of hydrogen-bond donors (Lipinski definition) is 1. The van der Waals surface area contributed by atoms with Gasteiger partial charge in [-0.3, -0.25) is 13.8 Å². The Kier molecular flexibility index (Phi) is 5.07. The van der Waals surface area contributed by atoms with Gasteiger partial charge in [-0.15, -0.1) is 0 Å². The number of amides is 2. The Morgan fingerprint density at radius 2 is 1.95 bits per heavy atom. The van der Waals surface area contributed by atoms with Crippen LogP contribution in [0.15, 0.2) is 0 Å². The van der Waals surface area contributed by atoms with Gasteiger partial charge >= 0.3 is 0 Å². The Bertz CT molecular complexity index is 446. The summed E-state index contributed by atoms with van der Waals surface area (Å²) in [6, 6.07) is -0.494. The molecule has 1 saturated heterocycles. The smallest absolute Gasteiger partial charge is 0.249 e. The van der Waals surface area contributed by atoms with Crippen LogP contribution in [0.5, 0.6) is 0 Å². The minimum atomic E-state index is -0.874. The topological polar surface area (TPSA) is 66.5 Å². The van der Waals surface area contributed by atoms with Gasteiger partial charge in [-0.1, -0.05) is 19.3 Å². The standard InChI is InChI=1S/C15H26N2O3S/c1-11(7-10-21(3)20)17-12(2)13(18)16-15(14(17)19)8-5-4-6-9-15/h11-12H,4-10H2,1-3H3,(H,16,18). The van der Waals surface area contributed by atoms with Gasteiger partial charge in [-0.2, -0.15) is 0 Å². The van der Waals surface area contributed by atoms with Crippen LogP contribution in [-0.4, -0.2) is 50.6 Å². The predicted octanol–water partition coefficient (Wildman–Crippen LogP) is 1.19. The van der Waals surface area contributed by atoms with E-state index in [0.29, 0.717) is 12.2 Å². The Morgan fingerprint density at radius 1 is 1.33 bits per heavy atom. The quantitative estimate of drug-likeness (QED) is 0.848. The van der Waals surface area contributed by atoms with Gasteiger partial charge in [0.2, 0.25) is 11.8 Å². The number of carbonyl (C=O) groups is 2. The van der Waals surface area contributed by atoms with Crippen LogP contribution < -0.4 is 5.32 Å². The number of nitrogens with one attached hydrogen (secondary N) is 1. The summed E-state index contributed by atoms with van der Waals surface area (Å²) in [6.45, 7) is 3.73. The summed E-state index contributed by atoms with van der Waals surface area (Å²) in [6.07, 6.45) is 6.93. The molecule has 2 rings (SSSR count). The largest absolute Gasteiger partial charge is 0.340 e. The maximum atomic E-state index is 13.0. The number of nitrogens with zero attached hydrogens (tertiary/aromatic N) is 1. The highest BCUT2D eigenvalue weighted by Gasteiger charge is 2.50. The first-order valence-electron chi connectivity index (χ1n) is 7.82. The van der Waals surface area contributed by atoms with E-state index in [0.717, 1.165) is 32.1 Å². The summed E-state index contributed by atoms with van der Waals surface area (Å²) >= 11 is 0. The molecule has 120 valence electrons. The Morgan fingerprint density at radius 3 is 2.52 bits per heavy atom. The fourth-order valence-electron chi connectivity index (χ4n) is 3.49. The number of carbonyl (C=O) groups excluding carboxylic acids is 2. The summed E-state index contributed by atoms with van der Waals surface area (Å²) in [5, 5.41) is 2.99. The number of hydrogen-bond acceptors (Lipinski definition) is 3. The second-order valence-electron chi connectivity index (χ2n) is 6.44. The van der Waals surface area contributed by atoms with Gasteiger partial charge in [-0.05, 0) is 33.1 Å². The summed E-state index contributed by atoms with van der Waals surface area (Å²) in [4.78, 5) is 27.0. The van der Waals surface area contributed by atoms with Gasteiger partial charge in [0.05, 0.1) is 0 Å². The molecule has 2 amide bonds. The van der Waals surface area contributed by atoms with Crippen molar-refractivity contribution in [2.24, 2.45) is 0 Å². The van der Waals surface area contributed by atoms with Crippen molar-refractivity contribution in [3.05, 3.63) is 0 Å². The van der Waals surface area contributed by atoms with E-state index in [4.69, 9.17) is 0 Å². The van der Waals surface area contributed by atoms with Crippen molar-refractivity contribution in [2.75, 3.05) is 12.0 Å². The summed E-state index contributed by atoms with van der Waals surface area (Å²) in [5.41, 5.74) is -0.679. The first kappa shape index (κ1) is 16.5. The van der Waals surface area contributed by atoms with Crippen LogP contribution in [0.25, 0.3) is 0 Å². The Labute approximate surface area is 129 Å². The third-order valence-electron chi connectivity index (χ3n) is 4.81. The van der Waals surface area contributed by atoms with Crippen LogP contribution >= 0.6 is 0 Å². The van der Waals surface area contributed by atoms with Crippen molar-refractivity contribution in [3.8, 4) is 0 Å². The maximum Gasteiger partial charge on any atom is 0.249 e. The zero-order chi connectivity index (χ0) is 15.6. The molecular formula is C15H26N2O3S. The lowest BCUT2D eigenvalue weighted by Gasteiger charge is -2.49. The van der Waals surface area contributed by atoms with Crippen LogP contribution in [-0.2, 0) is 20.4 Å². The highest BCUT2D eigenvalue weighted by atomic mass is 32.2. The molecule has 1 spiro atoms. The van der Waals surface area contributed by atoms with E-state index < -0.39 is 22.4 Å². The number of rotatable bonds is 4. The van der Waals surface area contributed by atoms with Gasteiger partial charge in [0.25, 0.3) is 0 Å². The van der Waals surface area contributed by atoms with Crippen LogP contribution in [0.1, 0.15) is 52.4 Å². The predicted molar refractivity (Wildman–Crippen MR) is 83.3 cm³/mol. The highest BCUT2D eigenvalue weighted by molar-refractivity contribution is 7.84. The molecule has 0 bridgehead atoms. The second-order valence-corrected chi connectivity index (χ2v) is 7.99. The molecule has 6 heteroatoms. The molecule has 0 aromatic heterocycles. The van der Waals surface area contributed by atoms with Gasteiger partial charge in [-0.25, -0.2) is 0 Å². The molecule has 3 atom stereocenters. The number of piperazine rings is 1. The van der Waals surface area contributed by atoms with E-state index in [1.54, 1.807) is 18.1 Å². The van der Waals surface area contributed by atoms with E-state index in [1.807, 2.05) is 6.92 Å². The molecule has 1 aliphatic carbocycles. The lowest BCUT2D eigenvalue weighted by molar-refractivity contribution is -0.158. The van der Waals surface area contributed by atoms with Gasteiger partial charge in [0.1, 0.15) is 11.6 Å². The molecule has 1 saturated carbocycles. The fraction of sp³-hybridized carbons (Fsp3) is 0.867. The van der Waals surface area contributed by atoms with Crippen molar-refractivity contribution in [2.45, 2.75) is 70.0 Å². The fourth-order valence-corrected chi connectivity index (χ4v) is 4.17. The highest BCUT2D eigenvalue weighted by Crippen LogP contribution is 2.34. The molecular weight excluding hydrogens is 288 g/mol. The lowest BCUT2D eigenvalue weighted by atomic mass is 9.78. The van der Waals surface area contributed by atoms with Gasteiger partial charge < -0.3 is 10.2 Å². The molecule has 2 fully saturated rings. The van der Waals surface area contributed by atoms with Crippen LogP contribution in [0.4, 0.5) is 0 Å². The third-order valence-corrected chi connectivity index (χ3v) is 5.62. The average molecular weight is 314 g/mol. The van der Waals surface area contributed by atoms with Crippen molar-refractivity contribution in [1.29, 1.82) is 0 Å². The van der Waals surface area contributed by atoms with E-state index >= 15 is 0 Å². The average Bonchev–Trinajstić information content (AvgIpc) is 2.44. The van der Waals surface area contributed by atoms with E-state index in [1.165, 1.54) is 0 Å². The first-order chi connectivity index (χ1) is 9.87. The molecule has 3 unspecified atom stereocenters. The third kappa shape index (κ3) is 3.30. The second kappa shape index (κ2) is 6.46. The minimum Gasteiger partial charge on any atom is -0.340 e. The molecule has 0 aromatic rings. The normalized spacial score (nSPS) is 28.3. The van der Waals surface area contributed by atoms with Crippen LogP contribution in [0, 0.1) is 0 Å². The minimum absolute atomic E-state index is 0.0544. The Balaban J connectivity index is 2.18. The summed E-state index contributed by atoms with van der Waals surface area (Å²) in [7, 11) is -0.874. The molecule has 21 heavy (non-hydrogen) atoms. The molecule has 1 N–H and O–H groups in total. The molecule has 5 nitrogen and oxygen atoms in total. The molecule has 1 heterocycles. The van der Waals surface area contributed by atoms with Crippen LogP contribution in [0.2, 0.25) is 0 Å². The van der Waals surface area contributed by atoms with E-state index in [-0.39, 0.29) is 17.9 Å². The lowest BCUT2D eigenvalue weighted by Crippen LogP contribution is -2.71. The summed E-state index contributed by atoms with van der Waals surface area (Å²) < 4.78 is 11.3. The monoisotopic (exact) mass is 314 g/mol. The van der Waals surface area contributed by atoms with E-state index in [2.05, 4.69) is 5.32 Å². The maximum absolute atomic E-state index is 13.0.